The Balaban J connectivity index is -0.00000156. The van der Waals surface area contributed by atoms with Crippen molar-refractivity contribution in [2.75, 3.05) is 39.8 Å². The average molecular weight is 401 g/mol. The maximum Gasteiger partial charge on any atom is 2.00 e. The van der Waals surface area contributed by atoms with E-state index in [1.807, 2.05) is 6.07 Å². The van der Waals surface area contributed by atoms with E-state index in [4.69, 9.17) is 23.7 Å². The molecule has 1 aromatic carbocycles. The first-order chi connectivity index (χ1) is 11.8. The molecule has 0 atom stereocenters. The van der Waals surface area contributed by atoms with Crippen LogP contribution in [-0.4, -0.2) is 62.9 Å². The average Bonchev–Trinajstić information content (AvgIpc) is 3.04. The van der Waals surface area contributed by atoms with E-state index in [1.54, 1.807) is 0 Å². The summed E-state index contributed by atoms with van der Waals surface area (Å²) in [6.45, 7) is 8.47. The van der Waals surface area contributed by atoms with Gasteiger partial charge in [0.05, 0.1) is 33.0 Å². The molecule has 0 fully saturated rings. The van der Waals surface area contributed by atoms with Gasteiger partial charge in [-0.25, -0.2) is 0 Å². The third-order valence-electron chi connectivity index (χ3n) is 3.86. The fourth-order valence-corrected chi connectivity index (χ4v) is 2.53. The van der Waals surface area contributed by atoms with Gasteiger partial charge in [0.1, 0.15) is 0 Å². The van der Waals surface area contributed by atoms with Crippen molar-refractivity contribution < 1.29 is 26.5 Å². The van der Waals surface area contributed by atoms with Crippen LogP contribution in [0, 0.1) is 0 Å². The molecular weight excluding hydrogens is 368 g/mol. The molecule has 5 nitrogen and oxygen atoms in total. The second-order valence-corrected chi connectivity index (χ2v) is 5.86. The zero-order chi connectivity index (χ0) is 17.0. The van der Waals surface area contributed by atoms with Crippen molar-refractivity contribution in [1.29, 1.82) is 0 Å². The largest absolute Gasteiger partial charge is 2.00 e. The quantitative estimate of drug-likeness (QED) is 0.370. The number of benzene rings is 1. The van der Waals surface area contributed by atoms with E-state index in [0.717, 1.165) is 43.8 Å². The van der Waals surface area contributed by atoms with Gasteiger partial charge >= 0.3 is 23.1 Å². The molecule has 0 N–H and O–H groups in total. The second-order valence-electron chi connectivity index (χ2n) is 5.86. The summed E-state index contributed by atoms with van der Waals surface area (Å²) in [6, 6.07) is 4.12. The summed E-state index contributed by atoms with van der Waals surface area (Å²) in [4.78, 5) is 0. The van der Waals surface area contributed by atoms with Crippen molar-refractivity contribution in [3.05, 3.63) is 23.3 Å². The predicted molar refractivity (Wildman–Crippen MR) is 108 cm³/mol. The molecule has 0 saturated heterocycles. The maximum atomic E-state index is 5.75. The predicted octanol–water partition coefficient (Wildman–Crippen LogP) is 3.98. The molecule has 0 unspecified atom stereocenters. The zero-order valence-corrected chi connectivity index (χ0v) is 18.3. The standard InChI is InChI=1S/C19H30O5.ClH.Mg.2H/c1-3-5-7-20-8-9-21-10-11-22-14-17-13-19-18(23-15-24-19)12-16(17)6-4-2;;;;/h12-13H,3-11,14-15H2,1-2H3;1H;;;/q;;+2;2*-1. The van der Waals surface area contributed by atoms with Gasteiger partial charge in [-0.15, -0.1) is 12.4 Å². The van der Waals surface area contributed by atoms with Crippen molar-refractivity contribution >= 4 is 35.5 Å². The summed E-state index contributed by atoms with van der Waals surface area (Å²) in [6.07, 6.45) is 4.38. The molecule has 148 valence electrons. The van der Waals surface area contributed by atoms with Crippen LogP contribution in [0.15, 0.2) is 12.1 Å². The Hall–Kier alpha value is -0.244. The van der Waals surface area contributed by atoms with Gasteiger partial charge in [0.2, 0.25) is 6.79 Å². The first-order valence-corrected chi connectivity index (χ1v) is 8.99. The van der Waals surface area contributed by atoms with E-state index in [9.17, 15) is 0 Å². The molecule has 0 aliphatic carbocycles. The molecule has 1 heterocycles. The van der Waals surface area contributed by atoms with Crippen molar-refractivity contribution in [3.8, 4) is 11.5 Å². The Morgan fingerprint density at radius 2 is 1.42 bits per heavy atom. The van der Waals surface area contributed by atoms with Crippen LogP contribution in [0.1, 0.15) is 47.1 Å². The van der Waals surface area contributed by atoms with Gasteiger partial charge in [-0.05, 0) is 36.1 Å². The van der Waals surface area contributed by atoms with Gasteiger partial charge in [0.25, 0.3) is 0 Å². The normalized spacial score (nSPS) is 11.8. The Labute approximate surface area is 182 Å². The molecular formula is C19H33ClMgO5. The number of unbranched alkanes of at least 4 members (excludes halogenated alkanes) is 1. The summed E-state index contributed by atoms with van der Waals surface area (Å²) in [5.41, 5.74) is 2.44. The zero-order valence-electron chi connectivity index (χ0n) is 18.1. The maximum absolute atomic E-state index is 5.75. The molecule has 0 spiro atoms. The molecule has 0 saturated carbocycles. The molecule has 0 aromatic heterocycles. The fraction of sp³-hybridized carbons (Fsp3) is 0.684. The van der Waals surface area contributed by atoms with Crippen molar-refractivity contribution in [2.45, 2.75) is 46.1 Å². The molecule has 1 aromatic rings. The van der Waals surface area contributed by atoms with E-state index < -0.39 is 0 Å². The van der Waals surface area contributed by atoms with Crippen LogP contribution in [0.4, 0.5) is 0 Å². The first kappa shape index (κ1) is 25.8. The minimum atomic E-state index is 0. The summed E-state index contributed by atoms with van der Waals surface area (Å²) >= 11 is 0. The smallest absolute Gasteiger partial charge is 1.00 e. The molecule has 26 heavy (non-hydrogen) atoms. The van der Waals surface area contributed by atoms with Crippen LogP contribution in [0.5, 0.6) is 11.5 Å². The molecule has 0 bridgehead atoms. The van der Waals surface area contributed by atoms with E-state index >= 15 is 0 Å². The van der Waals surface area contributed by atoms with Crippen molar-refractivity contribution in [1.82, 2.24) is 0 Å². The molecule has 7 heteroatoms. The number of ether oxygens (including phenoxy) is 5. The summed E-state index contributed by atoms with van der Waals surface area (Å²) in [5.74, 6) is 1.66. The monoisotopic (exact) mass is 400 g/mol. The van der Waals surface area contributed by atoms with E-state index in [-0.39, 0.29) is 38.3 Å². The number of fused-ring (bicyclic) bond motifs is 1. The third kappa shape index (κ3) is 9.11. The number of aryl methyl sites for hydroxylation is 1. The van der Waals surface area contributed by atoms with Gasteiger partial charge in [0, 0.05) is 6.61 Å². The molecule has 1 aliphatic heterocycles. The minimum Gasteiger partial charge on any atom is -1.00 e. The summed E-state index contributed by atoms with van der Waals surface area (Å²) in [7, 11) is 0. The third-order valence-corrected chi connectivity index (χ3v) is 3.86. The molecule has 1 aliphatic rings. The van der Waals surface area contributed by atoms with Crippen molar-refractivity contribution in [3.63, 3.8) is 0 Å². The van der Waals surface area contributed by atoms with Gasteiger partial charge in [-0.3, -0.25) is 0 Å². The molecule has 2 rings (SSSR count). The van der Waals surface area contributed by atoms with Crippen LogP contribution in [0.2, 0.25) is 0 Å². The van der Waals surface area contributed by atoms with Crippen LogP contribution in [-0.2, 0) is 27.2 Å². The van der Waals surface area contributed by atoms with Gasteiger partial charge in [-0.2, -0.15) is 0 Å². The Morgan fingerprint density at radius 3 is 2.04 bits per heavy atom. The summed E-state index contributed by atoms with van der Waals surface area (Å²) < 4.78 is 27.6. The van der Waals surface area contributed by atoms with E-state index in [0.29, 0.717) is 39.8 Å². The Bertz CT molecular complexity index is 498. The van der Waals surface area contributed by atoms with Gasteiger partial charge < -0.3 is 26.5 Å². The second kappa shape index (κ2) is 15.8. The van der Waals surface area contributed by atoms with Gasteiger partial charge in [-0.1, -0.05) is 26.7 Å². The summed E-state index contributed by atoms with van der Waals surface area (Å²) in [5, 5.41) is 0. The SMILES string of the molecule is CCCCOCCOCCOCc1cc2c(cc1CCC)OCO2.Cl.[H-].[H-].[Mg+2]. The van der Waals surface area contributed by atoms with Crippen LogP contribution in [0.25, 0.3) is 0 Å². The fourth-order valence-electron chi connectivity index (χ4n) is 2.53. The van der Waals surface area contributed by atoms with E-state index in [1.165, 1.54) is 11.1 Å². The number of hydrogen-bond acceptors (Lipinski definition) is 5. The molecule has 0 amide bonds. The van der Waals surface area contributed by atoms with Gasteiger partial charge in [0.15, 0.2) is 11.5 Å². The van der Waals surface area contributed by atoms with Crippen molar-refractivity contribution in [2.24, 2.45) is 0 Å². The van der Waals surface area contributed by atoms with Crippen LogP contribution < -0.4 is 9.47 Å². The Kier molecular flexibility index (Phi) is 15.6. The topological polar surface area (TPSA) is 46.2 Å². The van der Waals surface area contributed by atoms with Crippen LogP contribution >= 0.6 is 12.4 Å². The van der Waals surface area contributed by atoms with E-state index in [2.05, 4.69) is 19.9 Å². The molecule has 0 radical (unpaired) electrons. The Morgan fingerprint density at radius 1 is 0.846 bits per heavy atom. The first-order valence-electron chi connectivity index (χ1n) is 8.99. The minimum absolute atomic E-state index is 0. The number of hydrogen-bond donors (Lipinski definition) is 0. The number of rotatable bonds is 13. The number of halogens is 1. The van der Waals surface area contributed by atoms with Crippen LogP contribution in [0.3, 0.4) is 0 Å².